The topological polar surface area (TPSA) is 67.8 Å². The number of aliphatic imine (C=N–C) groups is 1. The van der Waals surface area contributed by atoms with Crippen LogP contribution in [0.5, 0.6) is 11.5 Å². The molecule has 0 fully saturated rings. The molecular formula is C20H31IN4O2S. The minimum Gasteiger partial charge on any atom is -0.497 e. The van der Waals surface area contributed by atoms with Gasteiger partial charge in [-0.25, -0.2) is 9.98 Å². The van der Waals surface area contributed by atoms with Gasteiger partial charge in [-0.05, 0) is 44.5 Å². The molecule has 1 heterocycles. The van der Waals surface area contributed by atoms with E-state index in [1.165, 1.54) is 4.88 Å². The summed E-state index contributed by atoms with van der Waals surface area (Å²) in [6, 6.07) is 7.58. The summed E-state index contributed by atoms with van der Waals surface area (Å²) in [5, 5.41) is 7.79. The number of ether oxygens (including phenoxy) is 2. The van der Waals surface area contributed by atoms with Crippen molar-refractivity contribution in [1.29, 1.82) is 0 Å². The number of rotatable bonds is 10. The standard InChI is InChI=1S/C20H30N4O2S.HI/c1-5-18-14-23-19(27-18)11-12-22-20(21-6-2)24-13-15(3)26-17-9-7-16(25-4)8-10-17;/h7-10,14-15H,5-6,11-13H2,1-4H3,(H2,21,22,24);1H. The molecular weight excluding hydrogens is 487 g/mol. The number of aryl methyl sites for hydroxylation is 1. The molecule has 6 nitrogen and oxygen atoms in total. The molecule has 0 amide bonds. The van der Waals surface area contributed by atoms with Crippen LogP contribution in [0.3, 0.4) is 0 Å². The Labute approximate surface area is 189 Å². The van der Waals surface area contributed by atoms with Crippen molar-refractivity contribution in [1.82, 2.24) is 15.6 Å². The highest BCUT2D eigenvalue weighted by Gasteiger charge is 2.06. The molecule has 2 aromatic rings. The predicted molar refractivity (Wildman–Crippen MR) is 128 cm³/mol. The van der Waals surface area contributed by atoms with Crippen LogP contribution in [0, 0.1) is 0 Å². The van der Waals surface area contributed by atoms with Crippen LogP contribution >= 0.6 is 35.3 Å². The van der Waals surface area contributed by atoms with Crippen molar-refractivity contribution in [2.45, 2.75) is 39.7 Å². The Morgan fingerprint density at radius 3 is 2.50 bits per heavy atom. The van der Waals surface area contributed by atoms with E-state index in [9.17, 15) is 0 Å². The fourth-order valence-electron chi connectivity index (χ4n) is 2.40. The highest BCUT2D eigenvalue weighted by atomic mass is 127. The number of halogens is 1. The van der Waals surface area contributed by atoms with Crippen LogP contribution in [0.25, 0.3) is 0 Å². The highest BCUT2D eigenvalue weighted by Crippen LogP contribution is 2.18. The monoisotopic (exact) mass is 518 g/mol. The van der Waals surface area contributed by atoms with Crippen LogP contribution < -0.4 is 20.1 Å². The summed E-state index contributed by atoms with van der Waals surface area (Å²) in [7, 11) is 1.65. The quantitative estimate of drug-likeness (QED) is 0.284. The van der Waals surface area contributed by atoms with E-state index in [1.807, 2.05) is 37.4 Å². The van der Waals surface area contributed by atoms with Crippen LogP contribution in [0.1, 0.15) is 30.7 Å². The summed E-state index contributed by atoms with van der Waals surface area (Å²) in [6.45, 7) is 8.41. The lowest BCUT2D eigenvalue weighted by atomic mass is 10.3. The molecule has 1 unspecified atom stereocenters. The Hall–Kier alpha value is -1.55. The lowest BCUT2D eigenvalue weighted by Gasteiger charge is -2.15. The molecule has 0 radical (unpaired) electrons. The van der Waals surface area contributed by atoms with E-state index >= 15 is 0 Å². The number of aromatic nitrogens is 1. The molecule has 8 heteroatoms. The van der Waals surface area contributed by atoms with Gasteiger partial charge in [0.25, 0.3) is 0 Å². The van der Waals surface area contributed by atoms with Crippen molar-refractivity contribution < 1.29 is 9.47 Å². The molecule has 1 aromatic heterocycles. The molecule has 0 aliphatic heterocycles. The SMILES string of the molecule is CCNC(=NCC(C)Oc1ccc(OC)cc1)NCCc1ncc(CC)s1.I. The molecule has 0 bridgehead atoms. The zero-order valence-corrected chi connectivity index (χ0v) is 20.2. The van der Waals surface area contributed by atoms with Gasteiger partial charge >= 0.3 is 0 Å². The summed E-state index contributed by atoms with van der Waals surface area (Å²) in [6.07, 6.45) is 3.88. The summed E-state index contributed by atoms with van der Waals surface area (Å²) >= 11 is 1.78. The van der Waals surface area contributed by atoms with Crippen LogP contribution in [0.2, 0.25) is 0 Å². The maximum Gasteiger partial charge on any atom is 0.191 e. The van der Waals surface area contributed by atoms with Gasteiger partial charge in [0.15, 0.2) is 5.96 Å². The fourth-order valence-corrected chi connectivity index (χ4v) is 3.26. The van der Waals surface area contributed by atoms with Gasteiger partial charge in [-0.3, -0.25) is 0 Å². The van der Waals surface area contributed by atoms with Gasteiger partial charge < -0.3 is 20.1 Å². The summed E-state index contributed by atoms with van der Waals surface area (Å²) in [5.41, 5.74) is 0. The maximum absolute atomic E-state index is 5.90. The van der Waals surface area contributed by atoms with E-state index in [4.69, 9.17) is 9.47 Å². The smallest absolute Gasteiger partial charge is 0.191 e. The maximum atomic E-state index is 5.90. The first-order chi connectivity index (χ1) is 13.1. The van der Waals surface area contributed by atoms with Crippen LogP contribution in [-0.4, -0.2) is 43.8 Å². The van der Waals surface area contributed by atoms with E-state index in [0.717, 1.165) is 48.4 Å². The Morgan fingerprint density at radius 1 is 1.18 bits per heavy atom. The molecule has 28 heavy (non-hydrogen) atoms. The van der Waals surface area contributed by atoms with Crippen molar-refractivity contribution in [3.05, 3.63) is 40.3 Å². The van der Waals surface area contributed by atoms with Gasteiger partial charge in [-0.1, -0.05) is 6.92 Å². The second kappa shape index (κ2) is 13.6. The molecule has 0 aliphatic carbocycles. The highest BCUT2D eigenvalue weighted by molar-refractivity contribution is 14.0. The number of hydrogen-bond acceptors (Lipinski definition) is 5. The number of hydrogen-bond donors (Lipinski definition) is 2. The Morgan fingerprint density at radius 2 is 1.89 bits per heavy atom. The van der Waals surface area contributed by atoms with E-state index in [0.29, 0.717) is 6.54 Å². The number of nitrogens with one attached hydrogen (secondary N) is 2. The van der Waals surface area contributed by atoms with Crippen molar-refractivity contribution in [3.8, 4) is 11.5 Å². The average Bonchev–Trinajstić information content (AvgIpc) is 3.14. The number of methoxy groups -OCH3 is 1. The van der Waals surface area contributed by atoms with Crippen LogP contribution in [-0.2, 0) is 12.8 Å². The molecule has 2 N–H and O–H groups in total. The molecule has 156 valence electrons. The van der Waals surface area contributed by atoms with Gasteiger partial charge in [0, 0.05) is 30.6 Å². The van der Waals surface area contributed by atoms with E-state index in [1.54, 1.807) is 18.4 Å². The van der Waals surface area contributed by atoms with Gasteiger partial charge in [0.1, 0.15) is 17.6 Å². The second-order valence-electron chi connectivity index (χ2n) is 6.07. The lowest BCUT2D eigenvalue weighted by Crippen LogP contribution is -2.39. The number of thiazole rings is 1. The number of guanidine groups is 1. The van der Waals surface area contributed by atoms with Gasteiger partial charge in [0.05, 0.1) is 18.7 Å². The Kier molecular flexibility index (Phi) is 11.9. The minimum atomic E-state index is -0.0278. The normalized spacial score (nSPS) is 12.1. The van der Waals surface area contributed by atoms with Crippen LogP contribution in [0.15, 0.2) is 35.5 Å². The first-order valence-corrected chi connectivity index (χ1v) is 10.2. The predicted octanol–water partition coefficient (Wildman–Crippen LogP) is 3.90. The zero-order valence-electron chi connectivity index (χ0n) is 17.0. The molecule has 2 rings (SSSR count). The molecule has 1 aromatic carbocycles. The minimum absolute atomic E-state index is 0. The lowest BCUT2D eigenvalue weighted by molar-refractivity contribution is 0.230. The Bertz CT molecular complexity index is 706. The number of benzene rings is 1. The summed E-state index contributed by atoms with van der Waals surface area (Å²) in [4.78, 5) is 10.4. The van der Waals surface area contributed by atoms with Gasteiger partial charge in [0.2, 0.25) is 0 Å². The van der Waals surface area contributed by atoms with Crippen molar-refractivity contribution in [3.63, 3.8) is 0 Å². The molecule has 0 saturated heterocycles. The molecule has 0 spiro atoms. The third-order valence-electron chi connectivity index (χ3n) is 3.83. The van der Waals surface area contributed by atoms with E-state index in [-0.39, 0.29) is 30.1 Å². The summed E-state index contributed by atoms with van der Waals surface area (Å²) in [5.74, 6) is 2.43. The largest absolute Gasteiger partial charge is 0.497 e. The second-order valence-corrected chi connectivity index (χ2v) is 7.27. The van der Waals surface area contributed by atoms with Crippen LogP contribution in [0.4, 0.5) is 0 Å². The third kappa shape index (κ3) is 8.64. The Balaban J connectivity index is 0.00000392. The van der Waals surface area contributed by atoms with Crippen molar-refractivity contribution in [2.75, 3.05) is 26.7 Å². The first kappa shape index (κ1) is 24.5. The molecule has 0 saturated carbocycles. The molecule has 0 aliphatic rings. The zero-order chi connectivity index (χ0) is 19.5. The van der Waals surface area contributed by atoms with E-state index < -0.39 is 0 Å². The van der Waals surface area contributed by atoms with Gasteiger partial charge in [-0.15, -0.1) is 35.3 Å². The van der Waals surface area contributed by atoms with Gasteiger partial charge in [-0.2, -0.15) is 0 Å². The summed E-state index contributed by atoms with van der Waals surface area (Å²) < 4.78 is 11.1. The molecule has 1 atom stereocenters. The number of nitrogens with zero attached hydrogens (tertiary/aromatic N) is 2. The third-order valence-corrected chi connectivity index (χ3v) is 5.03. The fraction of sp³-hybridized carbons (Fsp3) is 0.500. The van der Waals surface area contributed by atoms with Crippen molar-refractivity contribution >= 4 is 41.3 Å². The van der Waals surface area contributed by atoms with E-state index in [2.05, 4.69) is 34.5 Å². The first-order valence-electron chi connectivity index (χ1n) is 9.41. The average molecular weight is 518 g/mol. The van der Waals surface area contributed by atoms with Crippen molar-refractivity contribution in [2.24, 2.45) is 4.99 Å².